The average Bonchev–Trinajstić information content (AvgIpc) is 2.45. The van der Waals surface area contributed by atoms with Gasteiger partial charge in [0.05, 0.1) is 0 Å². The first kappa shape index (κ1) is 16.0. The molecule has 2 rings (SSSR count). The highest BCUT2D eigenvalue weighted by Gasteiger charge is 2.29. The number of rotatable bonds is 6. The Labute approximate surface area is 125 Å². The van der Waals surface area contributed by atoms with Gasteiger partial charge in [0.15, 0.2) is 18.8 Å². The van der Waals surface area contributed by atoms with Crippen molar-refractivity contribution in [2.75, 3.05) is 0 Å². The first-order valence-corrected chi connectivity index (χ1v) is 14.3. The maximum Gasteiger partial charge on any atom is 0.303 e. The van der Waals surface area contributed by atoms with Crippen LogP contribution in [0.1, 0.15) is 64.2 Å². The lowest BCUT2D eigenvalue weighted by Gasteiger charge is -2.32. The van der Waals surface area contributed by atoms with E-state index in [0.29, 0.717) is 0 Å². The van der Waals surface area contributed by atoms with E-state index in [9.17, 15) is 0 Å². The summed E-state index contributed by atoms with van der Waals surface area (Å²) in [7, 11) is -2.55. The highest BCUT2D eigenvalue weighted by molar-refractivity contribution is 6.65. The van der Waals surface area contributed by atoms with E-state index in [1.165, 1.54) is 64.2 Å². The fourth-order valence-corrected chi connectivity index (χ4v) is 12.5. The zero-order chi connectivity index (χ0) is 13.5. The molecule has 19 heavy (non-hydrogen) atoms. The first-order chi connectivity index (χ1) is 9.25. The molecule has 1 unspecified atom stereocenters. The molecule has 2 aliphatic rings. The zero-order valence-electron chi connectivity index (χ0n) is 12.9. The van der Waals surface area contributed by atoms with Crippen molar-refractivity contribution in [2.45, 2.75) is 88.4 Å². The van der Waals surface area contributed by atoms with Gasteiger partial charge in [-0.2, -0.15) is 0 Å². The first-order valence-electron chi connectivity index (χ1n) is 8.53. The van der Waals surface area contributed by atoms with Crippen molar-refractivity contribution in [3.05, 3.63) is 0 Å². The summed E-state index contributed by atoms with van der Waals surface area (Å²) in [6.07, 6.45) is 14.4. The van der Waals surface area contributed by atoms with Gasteiger partial charge >= 0.3 is 9.28 Å². The Bertz CT molecular complexity index is 239. The Morgan fingerprint density at radius 1 is 0.842 bits per heavy atom. The van der Waals surface area contributed by atoms with Crippen LogP contribution >= 0.6 is 0 Å². The van der Waals surface area contributed by atoms with Gasteiger partial charge in [0.2, 0.25) is 0 Å². The summed E-state index contributed by atoms with van der Waals surface area (Å²) < 4.78 is 12.9. The molecule has 0 radical (unpaired) electrons. The third-order valence-corrected chi connectivity index (χ3v) is 12.7. The number of hydrogen-bond acceptors (Lipinski definition) is 2. The summed E-state index contributed by atoms with van der Waals surface area (Å²) in [5.74, 6) is 0. The van der Waals surface area contributed by atoms with Crippen molar-refractivity contribution in [1.82, 2.24) is 0 Å². The van der Waals surface area contributed by atoms with Gasteiger partial charge in [0.25, 0.3) is 0 Å². The van der Waals surface area contributed by atoms with Gasteiger partial charge in [-0.1, -0.05) is 51.4 Å². The third kappa shape index (κ3) is 5.83. The van der Waals surface area contributed by atoms with Gasteiger partial charge < -0.3 is 8.23 Å². The van der Waals surface area contributed by atoms with E-state index in [1.54, 1.807) is 0 Å². The van der Waals surface area contributed by atoms with Crippen LogP contribution < -0.4 is 0 Å². The van der Waals surface area contributed by atoms with Crippen LogP contribution in [0.3, 0.4) is 0 Å². The van der Waals surface area contributed by atoms with E-state index in [-0.39, 0.29) is 9.76 Å². The third-order valence-electron chi connectivity index (χ3n) is 4.66. The summed E-state index contributed by atoms with van der Waals surface area (Å²) in [6, 6.07) is 0. The van der Waals surface area contributed by atoms with Gasteiger partial charge in [-0.25, -0.2) is 0 Å². The monoisotopic (exact) mass is 316 g/mol. The van der Waals surface area contributed by atoms with Crippen LogP contribution in [0.25, 0.3) is 0 Å². The second-order valence-corrected chi connectivity index (χ2v) is 14.5. The molecule has 2 saturated carbocycles. The van der Waals surface area contributed by atoms with Crippen molar-refractivity contribution in [3.8, 4) is 0 Å². The molecule has 5 heteroatoms. The SMILES string of the molecule is C[SiH](C)O[SiH](O[SiH2]C1CCCCC1)C1CCCCC1. The van der Waals surface area contributed by atoms with Crippen LogP contribution in [0.15, 0.2) is 0 Å². The van der Waals surface area contributed by atoms with Crippen LogP contribution in [-0.4, -0.2) is 28.1 Å². The molecule has 0 aromatic heterocycles. The minimum Gasteiger partial charge on any atom is -0.444 e. The van der Waals surface area contributed by atoms with E-state index in [0.717, 1.165) is 11.1 Å². The summed E-state index contributed by atoms with van der Waals surface area (Å²) in [5.41, 5.74) is 1.82. The largest absolute Gasteiger partial charge is 0.444 e. The van der Waals surface area contributed by atoms with Crippen LogP contribution in [-0.2, 0) is 8.23 Å². The summed E-state index contributed by atoms with van der Waals surface area (Å²) in [5, 5.41) is 0. The smallest absolute Gasteiger partial charge is 0.303 e. The van der Waals surface area contributed by atoms with Gasteiger partial charge in [0.1, 0.15) is 0 Å². The standard InChI is InChI=1S/C14H32O2Si3/c1-18(2)16-19(14-11-7-4-8-12-14)15-17-13-9-5-3-6-10-13/h13-14,18-19H,3-12,17H2,1-2H3. The molecule has 0 spiro atoms. The molecule has 0 amide bonds. The van der Waals surface area contributed by atoms with Gasteiger partial charge in [-0.15, -0.1) is 0 Å². The lowest BCUT2D eigenvalue weighted by atomic mass is 10.0. The molecule has 112 valence electrons. The van der Waals surface area contributed by atoms with Gasteiger partial charge in [0, 0.05) is 0 Å². The Morgan fingerprint density at radius 3 is 2.00 bits per heavy atom. The molecule has 0 aliphatic heterocycles. The summed E-state index contributed by atoms with van der Waals surface area (Å²) in [4.78, 5) is 0. The molecular formula is C14H32O2Si3. The minimum absolute atomic E-state index is 0.311. The van der Waals surface area contributed by atoms with Crippen molar-refractivity contribution in [2.24, 2.45) is 0 Å². The predicted molar refractivity (Wildman–Crippen MR) is 90.4 cm³/mol. The molecule has 0 N–H and O–H groups in total. The van der Waals surface area contributed by atoms with Crippen molar-refractivity contribution in [1.29, 1.82) is 0 Å². The molecular weight excluding hydrogens is 284 g/mol. The van der Waals surface area contributed by atoms with E-state index < -0.39 is 18.3 Å². The molecule has 2 fully saturated rings. The van der Waals surface area contributed by atoms with Crippen LogP contribution in [0.4, 0.5) is 0 Å². The Kier molecular flexibility index (Phi) is 7.36. The fourth-order valence-electron chi connectivity index (χ4n) is 3.55. The van der Waals surface area contributed by atoms with Crippen LogP contribution in [0.2, 0.25) is 24.2 Å². The highest BCUT2D eigenvalue weighted by atomic mass is 28.4. The second kappa shape index (κ2) is 8.77. The Balaban J connectivity index is 1.78. The zero-order valence-corrected chi connectivity index (χ0v) is 16.6. The van der Waals surface area contributed by atoms with E-state index in [1.807, 2.05) is 0 Å². The molecule has 0 aromatic rings. The maximum atomic E-state index is 6.52. The summed E-state index contributed by atoms with van der Waals surface area (Å²) in [6.45, 7) is 4.63. The van der Waals surface area contributed by atoms with E-state index in [2.05, 4.69) is 13.1 Å². The maximum absolute atomic E-state index is 6.52. The normalized spacial score (nSPS) is 25.4. The molecule has 2 nitrogen and oxygen atoms in total. The van der Waals surface area contributed by atoms with E-state index >= 15 is 0 Å². The molecule has 0 saturated heterocycles. The minimum atomic E-state index is -1.32. The van der Waals surface area contributed by atoms with Crippen LogP contribution in [0, 0.1) is 0 Å². The lowest BCUT2D eigenvalue weighted by molar-refractivity contribution is 0.369. The lowest BCUT2D eigenvalue weighted by Crippen LogP contribution is -2.36. The summed E-state index contributed by atoms with van der Waals surface area (Å²) >= 11 is 0. The van der Waals surface area contributed by atoms with Gasteiger partial charge in [-0.3, -0.25) is 0 Å². The Morgan fingerprint density at radius 2 is 1.42 bits per heavy atom. The molecule has 1 atom stereocenters. The highest BCUT2D eigenvalue weighted by Crippen LogP contribution is 2.33. The van der Waals surface area contributed by atoms with Crippen molar-refractivity contribution < 1.29 is 8.23 Å². The van der Waals surface area contributed by atoms with Crippen LogP contribution in [0.5, 0.6) is 0 Å². The van der Waals surface area contributed by atoms with Crippen molar-refractivity contribution >= 4 is 28.1 Å². The molecule has 0 heterocycles. The van der Waals surface area contributed by atoms with Crippen molar-refractivity contribution in [3.63, 3.8) is 0 Å². The van der Waals surface area contributed by atoms with Gasteiger partial charge in [-0.05, 0) is 37.0 Å². The number of hydrogen-bond donors (Lipinski definition) is 0. The molecule has 0 aromatic carbocycles. The fraction of sp³-hybridized carbons (Fsp3) is 1.00. The topological polar surface area (TPSA) is 18.5 Å². The predicted octanol–water partition coefficient (Wildman–Crippen LogP) is 3.39. The quantitative estimate of drug-likeness (QED) is 0.699. The van der Waals surface area contributed by atoms with E-state index in [4.69, 9.17) is 8.23 Å². The molecule has 2 aliphatic carbocycles. The average molecular weight is 317 g/mol. The molecule has 0 bridgehead atoms. The second-order valence-electron chi connectivity index (χ2n) is 6.79. The Hall–Kier alpha value is 0.571.